The molecular weight excluding hydrogens is 185 g/mol. The van der Waals surface area contributed by atoms with E-state index in [2.05, 4.69) is 4.67 Å². The van der Waals surface area contributed by atoms with Gasteiger partial charge >= 0.3 is 0 Å². The molecular formula is C9H20NO2P. The number of rotatable bonds is 5. The quantitative estimate of drug-likeness (QED) is 0.644. The fourth-order valence-corrected chi connectivity index (χ4v) is 2.91. The molecule has 1 rings (SSSR count). The summed E-state index contributed by atoms with van der Waals surface area (Å²) in [5.74, 6) is 0. The molecule has 1 aliphatic heterocycles. The first-order chi connectivity index (χ1) is 6.38. The minimum atomic E-state index is -0.746. The summed E-state index contributed by atoms with van der Waals surface area (Å²) in [6.45, 7) is 7.85. The van der Waals surface area contributed by atoms with Gasteiger partial charge in [0.05, 0.1) is 13.2 Å². The second kappa shape index (κ2) is 6.72. The maximum Gasteiger partial charge on any atom is 0.258 e. The number of nitrogens with zero attached hydrogens (tertiary/aromatic N) is 1. The Morgan fingerprint density at radius 1 is 1.00 bits per heavy atom. The topological polar surface area (TPSA) is 21.7 Å². The Kier molecular flexibility index (Phi) is 5.88. The maximum atomic E-state index is 5.59. The van der Waals surface area contributed by atoms with Crippen LogP contribution in [-0.2, 0) is 9.05 Å². The maximum absolute atomic E-state index is 5.59. The van der Waals surface area contributed by atoms with E-state index in [9.17, 15) is 0 Å². The molecule has 13 heavy (non-hydrogen) atoms. The highest BCUT2D eigenvalue weighted by molar-refractivity contribution is 7.44. The summed E-state index contributed by atoms with van der Waals surface area (Å²) in [4.78, 5) is 0. The molecule has 0 saturated carbocycles. The van der Waals surface area contributed by atoms with Gasteiger partial charge in [-0.25, -0.2) is 4.67 Å². The molecule has 0 aromatic carbocycles. The van der Waals surface area contributed by atoms with Crippen LogP contribution < -0.4 is 0 Å². The summed E-state index contributed by atoms with van der Waals surface area (Å²) in [6.07, 6.45) is 3.94. The molecule has 0 aromatic heterocycles. The van der Waals surface area contributed by atoms with E-state index in [0.29, 0.717) is 0 Å². The summed E-state index contributed by atoms with van der Waals surface area (Å²) in [7, 11) is -0.746. The lowest BCUT2D eigenvalue weighted by molar-refractivity contribution is 0.205. The van der Waals surface area contributed by atoms with Crippen LogP contribution in [0.2, 0.25) is 0 Å². The molecule has 0 N–H and O–H groups in total. The Morgan fingerprint density at radius 2 is 1.54 bits per heavy atom. The zero-order valence-electron chi connectivity index (χ0n) is 8.66. The largest absolute Gasteiger partial charge is 0.322 e. The third kappa shape index (κ3) is 3.90. The second-order valence-corrected chi connectivity index (χ2v) is 4.65. The highest BCUT2D eigenvalue weighted by Gasteiger charge is 2.22. The Hall–Kier alpha value is 0.310. The van der Waals surface area contributed by atoms with Gasteiger partial charge in [-0.15, -0.1) is 0 Å². The van der Waals surface area contributed by atoms with Crippen LogP contribution in [0.15, 0.2) is 0 Å². The molecule has 0 amide bonds. The van der Waals surface area contributed by atoms with E-state index in [1.54, 1.807) is 0 Å². The van der Waals surface area contributed by atoms with Crippen LogP contribution in [0.5, 0.6) is 0 Å². The van der Waals surface area contributed by atoms with Crippen LogP contribution in [0.4, 0.5) is 0 Å². The first-order valence-corrected chi connectivity index (χ1v) is 6.32. The molecule has 1 fully saturated rings. The van der Waals surface area contributed by atoms with E-state index in [0.717, 1.165) is 26.3 Å². The smallest absolute Gasteiger partial charge is 0.258 e. The molecule has 0 aromatic rings. The summed E-state index contributed by atoms with van der Waals surface area (Å²) in [6, 6.07) is 0. The molecule has 0 unspecified atom stereocenters. The van der Waals surface area contributed by atoms with Crippen molar-refractivity contribution in [2.45, 2.75) is 33.1 Å². The molecule has 4 heteroatoms. The number of hydrogen-bond acceptors (Lipinski definition) is 3. The summed E-state index contributed by atoms with van der Waals surface area (Å²) >= 11 is 0. The first-order valence-electron chi connectivity index (χ1n) is 5.19. The minimum absolute atomic E-state index is 0.746. The van der Waals surface area contributed by atoms with Gasteiger partial charge in [0.2, 0.25) is 0 Å². The normalized spacial score (nSPS) is 19.6. The van der Waals surface area contributed by atoms with Crippen molar-refractivity contribution in [3.8, 4) is 0 Å². The lowest BCUT2D eigenvalue weighted by Gasteiger charge is -2.31. The third-order valence-corrected chi connectivity index (χ3v) is 3.86. The van der Waals surface area contributed by atoms with Gasteiger partial charge in [-0.05, 0) is 26.7 Å². The predicted octanol–water partition coefficient (Wildman–Crippen LogP) is 2.77. The van der Waals surface area contributed by atoms with E-state index in [4.69, 9.17) is 9.05 Å². The number of hydrogen-bond donors (Lipinski definition) is 0. The summed E-state index contributed by atoms with van der Waals surface area (Å²) < 4.78 is 13.5. The van der Waals surface area contributed by atoms with Gasteiger partial charge in [-0.3, -0.25) is 0 Å². The van der Waals surface area contributed by atoms with Crippen LogP contribution in [0.1, 0.15) is 33.1 Å². The van der Waals surface area contributed by atoms with Crippen molar-refractivity contribution in [1.29, 1.82) is 0 Å². The van der Waals surface area contributed by atoms with Gasteiger partial charge in [-0.1, -0.05) is 6.42 Å². The molecule has 1 saturated heterocycles. The van der Waals surface area contributed by atoms with Crippen molar-refractivity contribution in [2.75, 3.05) is 26.3 Å². The van der Waals surface area contributed by atoms with Gasteiger partial charge in [-0.2, -0.15) is 0 Å². The lowest BCUT2D eigenvalue weighted by Crippen LogP contribution is -2.26. The van der Waals surface area contributed by atoms with Crippen molar-refractivity contribution in [3.63, 3.8) is 0 Å². The fraction of sp³-hybridized carbons (Fsp3) is 1.00. The van der Waals surface area contributed by atoms with Gasteiger partial charge in [0.1, 0.15) is 0 Å². The predicted molar refractivity (Wildman–Crippen MR) is 55.6 cm³/mol. The molecule has 1 heterocycles. The van der Waals surface area contributed by atoms with Gasteiger partial charge in [0.15, 0.2) is 0 Å². The zero-order valence-corrected chi connectivity index (χ0v) is 9.56. The van der Waals surface area contributed by atoms with Crippen LogP contribution >= 0.6 is 8.53 Å². The van der Waals surface area contributed by atoms with E-state index in [1.807, 2.05) is 13.8 Å². The van der Waals surface area contributed by atoms with Crippen molar-refractivity contribution in [2.24, 2.45) is 0 Å². The molecule has 0 aliphatic carbocycles. The van der Waals surface area contributed by atoms with E-state index >= 15 is 0 Å². The van der Waals surface area contributed by atoms with Crippen LogP contribution in [0, 0.1) is 0 Å². The van der Waals surface area contributed by atoms with Crippen molar-refractivity contribution >= 4 is 8.53 Å². The third-order valence-electron chi connectivity index (χ3n) is 2.04. The van der Waals surface area contributed by atoms with Gasteiger partial charge in [0.25, 0.3) is 8.53 Å². The fourth-order valence-electron chi connectivity index (χ4n) is 1.46. The summed E-state index contributed by atoms with van der Waals surface area (Å²) in [5, 5.41) is 0. The van der Waals surface area contributed by atoms with Crippen molar-refractivity contribution in [1.82, 2.24) is 4.67 Å². The highest BCUT2D eigenvalue weighted by Crippen LogP contribution is 2.43. The van der Waals surface area contributed by atoms with Gasteiger partial charge < -0.3 is 9.05 Å². The Bertz CT molecular complexity index is 123. The number of piperidine rings is 1. The molecule has 0 spiro atoms. The Labute approximate surface area is 82.4 Å². The SMILES string of the molecule is CCOP(OCC)N1CCCCC1. The standard InChI is InChI=1S/C9H20NO2P/c1-3-11-13(12-4-2)10-8-6-5-7-9-10/h3-9H2,1-2H3. The van der Waals surface area contributed by atoms with E-state index in [1.165, 1.54) is 19.3 Å². The second-order valence-electron chi connectivity index (χ2n) is 3.09. The van der Waals surface area contributed by atoms with Gasteiger partial charge in [0, 0.05) is 13.1 Å². The Morgan fingerprint density at radius 3 is 2.00 bits per heavy atom. The van der Waals surface area contributed by atoms with Crippen molar-refractivity contribution < 1.29 is 9.05 Å². The van der Waals surface area contributed by atoms with Crippen LogP contribution in [0.3, 0.4) is 0 Å². The molecule has 78 valence electrons. The minimum Gasteiger partial charge on any atom is -0.322 e. The summed E-state index contributed by atoms with van der Waals surface area (Å²) in [5.41, 5.74) is 0. The molecule has 1 aliphatic rings. The monoisotopic (exact) mass is 205 g/mol. The molecule has 0 bridgehead atoms. The highest BCUT2D eigenvalue weighted by atomic mass is 31.2. The lowest BCUT2D eigenvalue weighted by atomic mass is 10.2. The zero-order chi connectivity index (χ0) is 9.52. The first kappa shape index (κ1) is 11.4. The molecule has 3 nitrogen and oxygen atoms in total. The molecule has 0 radical (unpaired) electrons. The average Bonchev–Trinajstić information content (AvgIpc) is 2.19. The van der Waals surface area contributed by atoms with Crippen LogP contribution in [-0.4, -0.2) is 31.0 Å². The molecule has 0 atom stereocenters. The van der Waals surface area contributed by atoms with Crippen molar-refractivity contribution in [3.05, 3.63) is 0 Å². The Balaban J connectivity index is 2.32. The van der Waals surface area contributed by atoms with E-state index in [-0.39, 0.29) is 0 Å². The average molecular weight is 205 g/mol. The van der Waals surface area contributed by atoms with E-state index < -0.39 is 8.53 Å². The van der Waals surface area contributed by atoms with Crippen LogP contribution in [0.25, 0.3) is 0 Å².